The second-order valence-electron chi connectivity index (χ2n) is 3.36. The number of aldehydes is 1. The summed E-state index contributed by atoms with van der Waals surface area (Å²) in [6.07, 6.45) is 0.632. The largest absolute Gasteiger partial charge is 0.454 e. The third-order valence-electron chi connectivity index (χ3n) is 2.27. The van der Waals surface area contributed by atoms with E-state index in [0.717, 1.165) is 0 Å². The summed E-state index contributed by atoms with van der Waals surface area (Å²) in [6.45, 7) is 1.75. The van der Waals surface area contributed by atoms with Gasteiger partial charge in [-0.05, 0) is 25.1 Å². The van der Waals surface area contributed by atoms with E-state index in [2.05, 4.69) is 0 Å². The number of carbonyl (C=O) groups is 2. The van der Waals surface area contributed by atoms with Gasteiger partial charge >= 0.3 is 0 Å². The van der Waals surface area contributed by atoms with Gasteiger partial charge in [-0.1, -0.05) is 0 Å². The minimum absolute atomic E-state index is 0.177. The predicted molar refractivity (Wildman–Crippen MR) is 52.1 cm³/mol. The van der Waals surface area contributed by atoms with E-state index in [9.17, 15) is 9.59 Å². The highest BCUT2D eigenvalue weighted by molar-refractivity contribution is 6.05. The summed E-state index contributed by atoms with van der Waals surface area (Å²) in [5.74, 6) is 0.359. The molecule has 1 heterocycles. The lowest BCUT2D eigenvalue weighted by molar-refractivity contribution is -0.109. The average Bonchev–Trinajstić information content (AvgIpc) is 2.73. The van der Waals surface area contributed by atoms with Gasteiger partial charge in [0.25, 0.3) is 0 Å². The number of benzene rings is 1. The SMILES string of the molecule is CC(C=O)C(=O)c1ccc2c(c1)OCO2. The number of fused-ring (bicyclic) bond motifs is 1. The lowest BCUT2D eigenvalue weighted by Gasteiger charge is -2.03. The lowest BCUT2D eigenvalue weighted by atomic mass is 10.0. The molecule has 78 valence electrons. The third-order valence-corrected chi connectivity index (χ3v) is 2.27. The molecule has 0 fully saturated rings. The fourth-order valence-corrected chi connectivity index (χ4v) is 1.37. The van der Waals surface area contributed by atoms with Crippen molar-refractivity contribution in [1.29, 1.82) is 0 Å². The van der Waals surface area contributed by atoms with Crippen LogP contribution in [0.5, 0.6) is 11.5 Å². The topological polar surface area (TPSA) is 52.6 Å². The summed E-state index contributed by atoms with van der Waals surface area (Å²) < 4.78 is 10.3. The van der Waals surface area contributed by atoms with Gasteiger partial charge in [-0.25, -0.2) is 0 Å². The van der Waals surface area contributed by atoms with Crippen molar-refractivity contribution in [2.45, 2.75) is 6.92 Å². The van der Waals surface area contributed by atoms with Gasteiger partial charge < -0.3 is 14.3 Å². The van der Waals surface area contributed by atoms with E-state index in [1.807, 2.05) is 0 Å². The van der Waals surface area contributed by atoms with Gasteiger partial charge in [-0.15, -0.1) is 0 Å². The smallest absolute Gasteiger partial charge is 0.231 e. The van der Waals surface area contributed by atoms with E-state index in [4.69, 9.17) is 9.47 Å². The molecular weight excluding hydrogens is 196 g/mol. The molecule has 0 saturated carbocycles. The first kappa shape index (κ1) is 9.71. The summed E-state index contributed by atoms with van der Waals surface area (Å²) in [6, 6.07) is 4.91. The third kappa shape index (κ3) is 1.70. The zero-order chi connectivity index (χ0) is 10.8. The summed E-state index contributed by atoms with van der Waals surface area (Å²) in [5, 5.41) is 0. The monoisotopic (exact) mass is 206 g/mol. The second-order valence-corrected chi connectivity index (χ2v) is 3.36. The number of carbonyl (C=O) groups excluding carboxylic acids is 2. The summed E-state index contributed by atoms with van der Waals surface area (Å²) >= 11 is 0. The highest BCUT2D eigenvalue weighted by atomic mass is 16.7. The maximum atomic E-state index is 11.6. The highest BCUT2D eigenvalue weighted by Crippen LogP contribution is 2.32. The summed E-state index contributed by atoms with van der Waals surface area (Å²) in [4.78, 5) is 22.1. The molecule has 1 unspecified atom stereocenters. The van der Waals surface area contributed by atoms with Gasteiger partial charge in [0.05, 0.1) is 5.92 Å². The van der Waals surface area contributed by atoms with Crippen LogP contribution in [0.4, 0.5) is 0 Å². The zero-order valence-corrected chi connectivity index (χ0v) is 8.23. The Morgan fingerprint density at radius 1 is 1.40 bits per heavy atom. The first-order valence-electron chi connectivity index (χ1n) is 4.61. The molecule has 0 aliphatic carbocycles. The number of rotatable bonds is 3. The van der Waals surface area contributed by atoms with Crippen molar-refractivity contribution in [1.82, 2.24) is 0 Å². The Morgan fingerprint density at radius 3 is 2.87 bits per heavy atom. The van der Waals surface area contributed by atoms with Crippen molar-refractivity contribution in [3.05, 3.63) is 23.8 Å². The highest BCUT2D eigenvalue weighted by Gasteiger charge is 2.19. The number of ketones is 1. The Morgan fingerprint density at radius 2 is 2.13 bits per heavy atom. The van der Waals surface area contributed by atoms with Gasteiger partial charge in [0, 0.05) is 5.56 Å². The average molecular weight is 206 g/mol. The van der Waals surface area contributed by atoms with E-state index in [1.165, 1.54) is 0 Å². The fourth-order valence-electron chi connectivity index (χ4n) is 1.37. The van der Waals surface area contributed by atoms with Gasteiger partial charge in [0.1, 0.15) is 6.29 Å². The van der Waals surface area contributed by atoms with Crippen LogP contribution in [-0.2, 0) is 4.79 Å². The van der Waals surface area contributed by atoms with Gasteiger partial charge in [0.15, 0.2) is 17.3 Å². The van der Waals surface area contributed by atoms with E-state index in [-0.39, 0.29) is 12.6 Å². The Balaban J connectivity index is 2.30. The van der Waals surface area contributed by atoms with Crippen LogP contribution in [0, 0.1) is 5.92 Å². The maximum Gasteiger partial charge on any atom is 0.231 e. The second kappa shape index (κ2) is 3.73. The lowest BCUT2D eigenvalue weighted by Crippen LogP contribution is -2.12. The van der Waals surface area contributed by atoms with Crippen LogP contribution in [0.2, 0.25) is 0 Å². The molecule has 2 rings (SSSR count). The minimum Gasteiger partial charge on any atom is -0.454 e. The minimum atomic E-state index is -0.620. The van der Waals surface area contributed by atoms with Crippen LogP contribution >= 0.6 is 0 Å². The first-order chi connectivity index (χ1) is 7.22. The van der Waals surface area contributed by atoms with Crippen LogP contribution in [-0.4, -0.2) is 18.9 Å². The predicted octanol–water partition coefficient (Wildman–Crippen LogP) is 1.43. The van der Waals surface area contributed by atoms with E-state index >= 15 is 0 Å². The molecule has 1 aromatic carbocycles. The summed E-state index contributed by atoms with van der Waals surface area (Å²) in [5.41, 5.74) is 0.471. The Bertz CT molecular complexity index is 411. The molecule has 1 aliphatic heterocycles. The molecule has 4 nitrogen and oxygen atoms in total. The molecule has 0 amide bonds. The van der Waals surface area contributed by atoms with Crippen molar-refractivity contribution in [2.75, 3.05) is 6.79 Å². The molecule has 4 heteroatoms. The van der Waals surface area contributed by atoms with Crippen LogP contribution in [0.15, 0.2) is 18.2 Å². The van der Waals surface area contributed by atoms with Crippen molar-refractivity contribution in [3.63, 3.8) is 0 Å². The van der Waals surface area contributed by atoms with Gasteiger partial charge in [0.2, 0.25) is 6.79 Å². The van der Waals surface area contributed by atoms with Crippen LogP contribution in [0.3, 0.4) is 0 Å². The molecule has 1 aliphatic rings. The molecule has 15 heavy (non-hydrogen) atoms. The first-order valence-corrected chi connectivity index (χ1v) is 4.61. The molecule has 0 bridgehead atoms. The number of ether oxygens (including phenoxy) is 2. The van der Waals surface area contributed by atoms with E-state index in [1.54, 1.807) is 25.1 Å². The quantitative estimate of drug-likeness (QED) is 0.426. The summed E-state index contributed by atoms with van der Waals surface area (Å²) in [7, 11) is 0. The molecule has 0 aromatic heterocycles. The number of Topliss-reactive ketones (excluding diaryl/α,β-unsaturated/α-hetero) is 1. The van der Waals surface area contributed by atoms with Crippen LogP contribution < -0.4 is 9.47 Å². The van der Waals surface area contributed by atoms with Crippen molar-refractivity contribution in [3.8, 4) is 11.5 Å². The molecule has 0 N–H and O–H groups in total. The normalized spacial score (nSPS) is 14.7. The Labute approximate surface area is 86.8 Å². The zero-order valence-electron chi connectivity index (χ0n) is 8.23. The van der Waals surface area contributed by atoms with Crippen molar-refractivity contribution >= 4 is 12.1 Å². The molecule has 1 aromatic rings. The molecule has 0 spiro atoms. The van der Waals surface area contributed by atoms with Gasteiger partial charge in [-0.3, -0.25) is 4.79 Å². The van der Waals surface area contributed by atoms with Gasteiger partial charge in [-0.2, -0.15) is 0 Å². The van der Waals surface area contributed by atoms with Crippen molar-refractivity contribution in [2.24, 2.45) is 5.92 Å². The maximum absolute atomic E-state index is 11.6. The number of hydrogen-bond donors (Lipinski definition) is 0. The molecule has 0 radical (unpaired) electrons. The van der Waals surface area contributed by atoms with Crippen LogP contribution in [0.25, 0.3) is 0 Å². The molecule has 1 atom stereocenters. The van der Waals surface area contributed by atoms with Crippen LogP contribution in [0.1, 0.15) is 17.3 Å². The van der Waals surface area contributed by atoms with Crippen molar-refractivity contribution < 1.29 is 19.1 Å². The van der Waals surface area contributed by atoms with E-state index < -0.39 is 5.92 Å². The molecular formula is C11H10O4. The van der Waals surface area contributed by atoms with E-state index in [0.29, 0.717) is 23.3 Å². The fraction of sp³-hybridized carbons (Fsp3) is 0.273. The Hall–Kier alpha value is -1.84. The number of hydrogen-bond acceptors (Lipinski definition) is 4. The molecule has 0 saturated heterocycles. The standard InChI is InChI=1S/C11H10O4/c1-7(5-12)11(13)8-2-3-9-10(4-8)15-6-14-9/h2-5,7H,6H2,1H3. The Kier molecular flexibility index (Phi) is 2.41.